The topological polar surface area (TPSA) is 70.4 Å². The maximum Gasteiger partial charge on any atom is 0.305 e. The molecule has 0 spiro atoms. The van der Waals surface area contributed by atoms with E-state index in [1.54, 1.807) is 34.4 Å². The van der Waals surface area contributed by atoms with Gasteiger partial charge < -0.3 is 9.47 Å². The van der Waals surface area contributed by atoms with Gasteiger partial charge in [0.25, 0.3) is 5.56 Å². The molecule has 3 aromatic heterocycles. The van der Waals surface area contributed by atoms with Gasteiger partial charge in [-0.25, -0.2) is 4.98 Å². The number of carbonyl (C=O) groups is 1. The molecule has 0 amide bonds. The number of methoxy groups -OCH3 is 2. The SMILES string of the molecule is COCCc1nc2sc(C)c(-c3cccs3)c2c(=O)n1CCCC(=O)OC. The van der Waals surface area contributed by atoms with Crippen LogP contribution in [-0.2, 0) is 27.2 Å². The Morgan fingerprint density at radius 3 is 2.81 bits per heavy atom. The minimum absolute atomic E-state index is 0.0521. The minimum Gasteiger partial charge on any atom is -0.469 e. The molecule has 6 nitrogen and oxygen atoms in total. The lowest BCUT2D eigenvalue weighted by molar-refractivity contribution is -0.140. The first-order valence-corrected chi connectivity index (χ1v) is 10.4. The summed E-state index contributed by atoms with van der Waals surface area (Å²) in [7, 11) is 3.00. The highest BCUT2D eigenvalue weighted by Gasteiger charge is 2.20. The van der Waals surface area contributed by atoms with Gasteiger partial charge in [-0.05, 0) is 24.8 Å². The summed E-state index contributed by atoms with van der Waals surface area (Å²) in [6, 6.07) is 4.01. The summed E-state index contributed by atoms with van der Waals surface area (Å²) in [6.07, 6.45) is 1.34. The summed E-state index contributed by atoms with van der Waals surface area (Å²) < 4.78 is 11.6. The summed E-state index contributed by atoms with van der Waals surface area (Å²) in [5.41, 5.74) is 0.922. The third-order valence-corrected chi connectivity index (χ3v) is 6.24. The minimum atomic E-state index is -0.277. The zero-order valence-corrected chi connectivity index (χ0v) is 17.2. The first-order chi connectivity index (χ1) is 13.1. The van der Waals surface area contributed by atoms with Crippen molar-refractivity contribution in [2.75, 3.05) is 20.8 Å². The van der Waals surface area contributed by atoms with E-state index in [1.165, 1.54) is 7.11 Å². The van der Waals surface area contributed by atoms with Crippen LogP contribution in [0.15, 0.2) is 22.3 Å². The fourth-order valence-corrected chi connectivity index (χ4v) is 5.00. The van der Waals surface area contributed by atoms with Crippen molar-refractivity contribution in [3.8, 4) is 10.4 Å². The van der Waals surface area contributed by atoms with Crippen LogP contribution < -0.4 is 5.56 Å². The molecule has 0 radical (unpaired) electrons. The average Bonchev–Trinajstić information content (AvgIpc) is 3.28. The van der Waals surface area contributed by atoms with E-state index in [0.29, 0.717) is 37.2 Å². The smallest absolute Gasteiger partial charge is 0.305 e. The lowest BCUT2D eigenvalue weighted by Crippen LogP contribution is -2.26. The predicted molar refractivity (Wildman–Crippen MR) is 109 cm³/mol. The van der Waals surface area contributed by atoms with Crippen molar-refractivity contribution in [3.05, 3.63) is 38.6 Å². The molecule has 0 N–H and O–H groups in total. The van der Waals surface area contributed by atoms with Crippen molar-refractivity contribution in [2.45, 2.75) is 32.7 Å². The number of aromatic nitrogens is 2. The van der Waals surface area contributed by atoms with Gasteiger partial charge in [0.1, 0.15) is 10.7 Å². The number of carbonyl (C=O) groups excluding carboxylic acids is 1. The predicted octanol–water partition coefficient (Wildman–Crippen LogP) is 3.64. The van der Waals surface area contributed by atoms with Crippen LogP contribution in [0.3, 0.4) is 0 Å². The third-order valence-electron chi connectivity index (χ3n) is 4.35. The number of rotatable bonds is 8. The quantitative estimate of drug-likeness (QED) is 0.534. The Morgan fingerprint density at radius 2 is 2.15 bits per heavy atom. The molecule has 3 aromatic rings. The Labute approximate surface area is 165 Å². The van der Waals surface area contributed by atoms with E-state index in [4.69, 9.17) is 14.5 Å². The maximum absolute atomic E-state index is 13.4. The first kappa shape index (κ1) is 19.7. The highest BCUT2D eigenvalue weighted by molar-refractivity contribution is 7.20. The van der Waals surface area contributed by atoms with Crippen LogP contribution >= 0.6 is 22.7 Å². The summed E-state index contributed by atoms with van der Waals surface area (Å²) in [4.78, 5) is 32.5. The number of hydrogen-bond acceptors (Lipinski definition) is 7. The molecular weight excluding hydrogens is 384 g/mol. The zero-order chi connectivity index (χ0) is 19.4. The number of hydrogen-bond donors (Lipinski definition) is 0. The molecule has 0 fully saturated rings. The van der Waals surface area contributed by atoms with Crippen LogP contribution in [0.4, 0.5) is 0 Å². The lowest BCUT2D eigenvalue weighted by Gasteiger charge is -2.12. The highest BCUT2D eigenvalue weighted by Crippen LogP contribution is 2.37. The Bertz CT molecular complexity index is 989. The van der Waals surface area contributed by atoms with E-state index in [-0.39, 0.29) is 17.9 Å². The number of ether oxygens (including phenoxy) is 2. The number of fused-ring (bicyclic) bond motifs is 1. The fourth-order valence-electron chi connectivity index (χ4n) is 3.05. The van der Waals surface area contributed by atoms with Gasteiger partial charge in [-0.15, -0.1) is 22.7 Å². The Morgan fingerprint density at radius 1 is 1.33 bits per heavy atom. The third kappa shape index (κ3) is 4.12. The fraction of sp³-hybridized carbons (Fsp3) is 0.421. The normalized spacial score (nSPS) is 11.2. The summed E-state index contributed by atoms with van der Waals surface area (Å²) in [5.74, 6) is 0.416. The molecule has 0 aliphatic heterocycles. The number of thiophene rings is 2. The Hall–Kier alpha value is -2.03. The van der Waals surface area contributed by atoms with Crippen molar-refractivity contribution < 1.29 is 14.3 Å². The molecule has 3 heterocycles. The second-order valence-corrected chi connectivity index (χ2v) is 8.25. The van der Waals surface area contributed by atoms with Crippen LogP contribution in [0.25, 0.3) is 20.7 Å². The van der Waals surface area contributed by atoms with Crippen LogP contribution in [-0.4, -0.2) is 36.3 Å². The molecule has 0 atom stereocenters. The van der Waals surface area contributed by atoms with Crippen molar-refractivity contribution in [3.63, 3.8) is 0 Å². The molecule has 0 aliphatic rings. The Balaban J connectivity index is 2.09. The second-order valence-electron chi connectivity index (χ2n) is 6.10. The molecule has 144 valence electrons. The van der Waals surface area contributed by atoms with Crippen LogP contribution in [0.2, 0.25) is 0 Å². The molecule has 0 saturated carbocycles. The van der Waals surface area contributed by atoms with Crippen molar-refractivity contribution in [2.24, 2.45) is 0 Å². The number of esters is 1. The molecule has 0 aliphatic carbocycles. The molecule has 27 heavy (non-hydrogen) atoms. The molecule has 0 unspecified atom stereocenters. The van der Waals surface area contributed by atoms with Gasteiger partial charge in [0.15, 0.2) is 0 Å². The van der Waals surface area contributed by atoms with Crippen LogP contribution in [0, 0.1) is 6.92 Å². The van der Waals surface area contributed by atoms with Gasteiger partial charge in [-0.3, -0.25) is 14.2 Å². The van der Waals surface area contributed by atoms with Crippen molar-refractivity contribution >= 4 is 38.9 Å². The molecular formula is C19H22N2O4S2. The summed E-state index contributed by atoms with van der Waals surface area (Å²) in [6.45, 7) is 2.93. The van der Waals surface area contributed by atoms with Crippen molar-refractivity contribution in [1.29, 1.82) is 0 Å². The average molecular weight is 407 g/mol. The summed E-state index contributed by atoms with van der Waals surface area (Å²) >= 11 is 3.16. The Kier molecular flexibility index (Phi) is 6.41. The van der Waals surface area contributed by atoms with Gasteiger partial charge in [0.05, 0.1) is 19.1 Å². The zero-order valence-electron chi connectivity index (χ0n) is 15.6. The van der Waals surface area contributed by atoms with E-state index in [0.717, 1.165) is 20.1 Å². The van der Waals surface area contributed by atoms with E-state index in [1.807, 2.05) is 24.4 Å². The van der Waals surface area contributed by atoms with Gasteiger partial charge in [0, 0.05) is 41.8 Å². The van der Waals surface area contributed by atoms with E-state index in [2.05, 4.69) is 0 Å². The lowest BCUT2D eigenvalue weighted by atomic mass is 10.1. The van der Waals surface area contributed by atoms with E-state index >= 15 is 0 Å². The second kappa shape index (κ2) is 8.77. The number of aryl methyl sites for hydroxylation is 1. The summed E-state index contributed by atoms with van der Waals surface area (Å²) in [5, 5.41) is 2.67. The van der Waals surface area contributed by atoms with Gasteiger partial charge >= 0.3 is 5.97 Å². The first-order valence-electron chi connectivity index (χ1n) is 8.69. The molecule has 0 saturated heterocycles. The molecule has 0 bridgehead atoms. The number of nitrogens with zero attached hydrogens (tertiary/aromatic N) is 2. The monoisotopic (exact) mass is 406 g/mol. The molecule has 3 rings (SSSR count). The standard InChI is InChI=1S/C19H22N2O4S2/c1-12-16(13-6-5-11-26-13)17-18(27-12)20-14(8-10-24-2)21(19(17)23)9-4-7-15(22)25-3/h5-6,11H,4,7-10H2,1-3H3. The van der Waals surface area contributed by atoms with E-state index < -0.39 is 0 Å². The van der Waals surface area contributed by atoms with Crippen LogP contribution in [0.1, 0.15) is 23.5 Å². The van der Waals surface area contributed by atoms with Crippen molar-refractivity contribution in [1.82, 2.24) is 9.55 Å². The van der Waals surface area contributed by atoms with E-state index in [9.17, 15) is 9.59 Å². The van der Waals surface area contributed by atoms with Gasteiger partial charge in [-0.1, -0.05) is 6.07 Å². The van der Waals surface area contributed by atoms with Crippen LogP contribution in [0.5, 0.6) is 0 Å². The maximum atomic E-state index is 13.4. The van der Waals surface area contributed by atoms with Gasteiger partial charge in [0.2, 0.25) is 0 Å². The van der Waals surface area contributed by atoms with Gasteiger partial charge in [-0.2, -0.15) is 0 Å². The molecule has 8 heteroatoms. The largest absolute Gasteiger partial charge is 0.469 e. The molecule has 0 aromatic carbocycles. The highest BCUT2D eigenvalue weighted by atomic mass is 32.1.